The quantitative estimate of drug-likeness (QED) is 0.550. The van der Waals surface area contributed by atoms with Crippen molar-refractivity contribution >= 4 is 5.97 Å². The van der Waals surface area contributed by atoms with Gasteiger partial charge in [0.1, 0.15) is 0 Å². The van der Waals surface area contributed by atoms with Crippen LogP contribution in [-0.4, -0.2) is 19.2 Å². The molecule has 0 unspecified atom stereocenters. The van der Waals surface area contributed by atoms with Crippen molar-refractivity contribution in [2.24, 2.45) is 0 Å². The Bertz CT molecular complexity index is 760. The van der Waals surface area contributed by atoms with E-state index in [2.05, 4.69) is 6.58 Å². The fraction of sp³-hybridized carbons (Fsp3) is 0.286. The molecule has 0 aliphatic heterocycles. The van der Waals surface area contributed by atoms with Crippen LogP contribution in [-0.2, 0) is 4.74 Å². The minimum absolute atomic E-state index is 0.227. The summed E-state index contributed by atoms with van der Waals surface area (Å²) in [6.07, 6.45) is 5.89. The van der Waals surface area contributed by atoms with E-state index in [0.29, 0.717) is 17.1 Å². The number of carbonyl (C=O) groups is 1. The standard InChI is InChI=1S/C21H22O4/c1-3-24-21(22)18-11-7-6-10-17(18)15-12-13-19(23-2)20(14-15)25-16-8-4-5-9-16/h3,6-7,10-14,16H,1,4-5,8-9H2,2H3. The van der Waals surface area contributed by atoms with Gasteiger partial charge in [0.15, 0.2) is 11.5 Å². The zero-order valence-corrected chi connectivity index (χ0v) is 14.4. The van der Waals surface area contributed by atoms with Crippen molar-refractivity contribution < 1.29 is 19.0 Å². The second kappa shape index (κ2) is 7.88. The highest BCUT2D eigenvalue weighted by molar-refractivity contribution is 5.97. The van der Waals surface area contributed by atoms with Crippen LogP contribution in [0.15, 0.2) is 55.3 Å². The van der Waals surface area contributed by atoms with Crippen LogP contribution >= 0.6 is 0 Å². The SMILES string of the molecule is C=COC(=O)c1ccccc1-c1ccc(OC)c(OC2CCCC2)c1. The summed E-state index contributed by atoms with van der Waals surface area (Å²) in [6, 6.07) is 13.0. The highest BCUT2D eigenvalue weighted by Gasteiger charge is 2.20. The maximum absolute atomic E-state index is 12.2. The average Bonchev–Trinajstić information content (AvgIpc) is 3.15. The van der Waals surface area contributed by atoms with Crippen molar-refractivity contribution in [3.05, 3.63) is 60.9 Å². The summed E-state index contributed by atoms with van der Waals surface area (Å²) < 4.78 is 16.5. The Morgan fingerprint density at radius 3 is 2.60 bits per heavy atom. The monoisotopic (exact) mass is 338 g/mol. The Morgan fingerprint density at radius 2 is 1.88 bits per heavy atom. The summed E-state index contributed by atoms with van der Waals surface area (Å²) >= 11 is 0. The molecule has 2 aromatic rings. The molecule has 4 heteroatoms. The predicted octanol–water partition coefficient (Wildman–Crippen LogP) is 4.98. The molecule has 1 aliphatic carbocycles. The summed E-state index contributed by atoms with van der Waals surface area (Å²) in [4.78, 5) is 12.2. The molecule has 3 rings (SSSR count). The van der Waals surface area contributed by atoms with Crippen LogP contribution in [0.1, 0.15) is 36.0 Å². The van der Waals surface area contributed by atoms with E-state index in [1.54, 1.807) is 13.2 Å². The van der Waals surface area contributed by atoms with Crippen LogP contribution in [0.2, 0.25) is 0 Å². The molecule has 130 valence electrons. The summed E-state index contributed by atoms with van der Waals surface area (Å²) in [5, 5.41) is 0. The summed E-state index contributed by atoms with van der Waals surface area (Å²) in [5.74, 6) is 0.972. The molecule has 0 amide bonds. The molecule has 2 aromatic carbocycles. The largest absolute Gasteiger partial charge is 0.493 e. The maximum Gasteiger partial charge on any atom is 0.343 e. The molecule has 0 radical (unpaired) electrons. The van der Waals surface area contributed by atoms with Gasteiger partial charge in [-0.2, -0.15) is 0 Å². The fourth-order valence-electron chi connectivity index (χ4n) is 3.17. The first-order valence-electron chi connectivity index (χ1n) is 8.49. The van der Waals surface area contributed by atoms with Gasteiger partial charge in [0.2, 0.25) is 0 Å². The molecule has 0 saturated heterocycles. The lowest BCUT2D eigenvalue weighted by Crippen LogP contribution is -2.11. The fourth-order valence-corrected chi connectivity index (χ4v) is 3.17. The molecular formula is C21H22O4. The molecule has 0 aromatic heterocycles. The Kier molecular flexibility index (Phi) is 5.39. The molecule has 1 fully saturated rings. The number of hydrogen-bond donors (Lipinski definition) is 0. The first-order chi connectivity index (χ1) is 12.2. The molecule has 0 atom stereocenters. The molecule has 1 aliphatic rings. The van der Waals surface area contributed by atoms with E-state index in [1.165, 1.54) is 12.8 Å². The van der Waals surface area contributed by atoms with Crippen molar-refractivity contribution in [2.75, 3.05) is 7.11 Å². The zero-order valence-electron chi connectivity index (χ0n) is 14.4. The summed E-state index contributed by atoms with van der Waals surface area (Å²) in [5.41, 5.74) is 2.15. The summed E-state index contributed by atoms with van der Waals surface area (Å²) in [7, 11) is 1.63. The smallest absolute Gasteiger partial charge is 0.343 e. The second-order valence-corrected chi connectivity index (χ2v) is 6.01. The van der Waals surface area contributed by atoms with Crippen molar-refractivity contribution in [3.8, 4) is 22.6 Å². The number of benzene rings is 2. The van der Waals surface area contributed by atoms with E-state index in [-0.39, 0.29) is 6.10 Å². The lowest BCUT2D eigenvalue weighted by molar-refractivity contribution is 0.0665. The van der Waals surface area contributed by atoms with Gasteiger partial charge < -0.3 is 14.2 Å². The number of methoxy groups -OCH3 is 1. The number of ether oxygens (including phenoxy) is 3. The molecule has 1 saturated carbocycles. The lowest BCUT2D eigenvalue weighted by Gasteiger charge is -2.17. The normalized spacial score (nSPS) is 14.1. The maximum atomic E-state index is 12.2. The van der Waals surface area contributed by atoms with Crippen LogP contribution in [0.5, 0.6) is 11.5 Å². The van der Waals surface area contributed by atoms with E-state index >= 15 is 0 Å². The third-order valence-corrected chi connectivity index (χ3v) is 4.41. The van der Waals surface area contributed by atoms with Crippen molar-refractivity contribution in [2.45, 2.75) is 31.8 Å². The number of carbonyl (C=O) groups excluding carboxylic acids is 1. The van der Waals surface area contributed by atoms with Crippen molar-refractivity contribution in [1.29, 1.82) is 0 Å². The van der Waals surface area contributed by atoms with Gasteiger partial charge >= 0.3 is 5.97 Å². The minimum atomic E-state index is -0.431. The average molecular weight is 338 g/mol. The first kappa shape index (κ1) is 17.1. The summed E-state index contributed by atoms with van der Waals surface area (Å²) in [6.45, 7) is 3.44. The zero-order chi connectivity index (χ0) is 17.6. The Hall–Kier alpha value is -2.75. The third kappa shape index (κ3) is 3.85. The Labute approximate surface area is 148 Å². The van der Waals surface area contributed by atoms with Crippen LogP contribution < -0.4 is 9.47 Å². The number of rotatable bonds is 6. The van der Waals surface area contributed by atoms with Gasteiger partial charge in [0.25, 0.3) is 0 Å². The number of hydrogen-bond acceptors (Lipinski definition) is 4. The minimum Gasteiger partial charge on any atom is -0.493 e. The molecule has 0 bridgehead atoms. The van der Waals surface area contributed by atoms with E-state index in [9.17, 15) is 4.79 Å². The van der Waals surface area contributed by atoms with E-state index in [1.807, 2.05) is 36.4 Å². The van der Waals surface area contributed by atoms with Gasteiger partial charge in [0, 0.05) is 0 Å². The molecular weight excluding hydrogens is 316 g/mol. The highest BCUT2D eigenvalue weighted by atomic mass is 16.5. The van der Waals surface area contributed by atoms with Gasteiger partial charge in [-0.3, -0.25) is 0 Å². The van der Waals surface area contributed by atoms with Gasteiger partial charge in [-0.15, -0.1) is 0 Å². The number of esters is 1. The van der Waals surface area contributed by atoms with E-state index < -0.39 is 5.97 Å². The molecule has 0 N–H and O–H groups in total. The molecule has 25 heavy (non-hydrogen) atoms. The topological polar surface area (TPSA) is 44.8 Å². The van der Waals surface area contributed by atoms with Gasteiger partial charge in [-0.05, 0) is 55.0 Å². The Morgan fingerprint density at radius 1 is 1.12 bits per heavy atom. The van der Waals surface area contributed by atoms with Crippen LogP contribution in [0.3, 0.4) is 0 Å². The van der Waals surface area contributed by atoms with Gasteiger partial charge in [-0.1, -0.05) is 30.8 Å². The molecule has 0 spiro atoms. The Balaban J connectivity index is 1.97. The van der Waals surface area contributed by atoms with Gasteiger partial charge in [0.05, 0.1) is 25.0 Å². The highest BCUT2D eigenvalue weighted by Crippen LogP contribution is 2.36. The first-order valence-corrected chi connectivity index (χ1v) is 8.49. The van der Waals surface area contributed by atoms with Crippen LogP contribution in [0.4, 0.5) is 0 Å². The molecule has 4 nitrogen and oxygen atoms in total. The third-order valence-electron chi connectivity index (χ3n) is 4.41. The van der Waals surface area contributed by atoms with Crippen molar-refractivity contribution in [3.63, 3.8) is 0 Å². The second-order valence-electron chi connectivity index (χ2n) is 6.01. The molecule has 0 heterocycles. The van der Waals surface area contributed by atoms with Crippen molar-refractivity contribution in [1.82, 2.24) is 0 Å². The lowest BCUT2D eigenvalue weighted by atomic mass is 9.99. The van der Waals surface area contributed by atoms with Gasteiger partial charge in [-0.25, -0.2) is 4.79 Å². The van der Waals surface area contributed by atoms with E-state index in [4.69, 9.17) is 14.2 Å². The van der Waals surface area contributed by atoms with Crippen LogP contribution in [0.25, 0.3) is 11.1 Å². The van der Waals surface area contributed by atoms with Crippen LogP contribution in [0, 0.1) is 0 Å². The predicted molar refractivity (Wildman–Crippen MR) is 96.9 cm³/mol. The van der Waals surface area contributed by atoms with E-state index in [0.717, 1.165) is 30.2 Å².